The van der Waals surface area contributed by atoms with Gasteiger partial charge in [-0.2, -0.15) is 0 Å². The second kappa shape index (κ2) is 5.98. The number of nitrogens with one attached hydrogen (secondary N) is 1. The zero-order valence-corrected chi connectivity index (χ0v) is 13.1. The molecule has 116 valence electrons. The molecule has 1 heterocycles. The number of hydrogen-bond acceptors (Lipinski definition) is 3. The van der Waals surface area contributed by atoms with E-state index < -0.39 is 0 Å². The summed E-state index contributed by atoms with van der Waals surface area (Å²) in [6.45, 7) is 5.01. The molecule has 1 fully saturated rings. The Balaban J connectivity index is 1.68. The SMILES string of the molecule is CC(O)CC(C)CNC1CC2(CCC2)Oc2ccccc21. The third-order valence-electron chi connectivity index (χ3n) is 4.92. The van der Waals surface area contributed by atoms with E-state index in [0.717, 1.165) is 25.1 Å². The van der Waals surface area contributed by atoms with Crippen molar-refractivity contribution < 1.29 is 9.84 Å². The van der Waals surface area contributed by atoms with Crippen molar-refractivity contribution in [3.8, 4) is 5.75 Å². The molecule has 3 atom stereocenters. The van der Waals surface area contributed by atoms with Crippen LogP contribution in [0.1, 0.15) is 57.6 Å². The summed E-state index contributed by atoms with van der Waals surface area (Å²) in [7, 11) is 0. The molecule has 21 heavy (non-hydrogen) atoms. The summed E-state index contributed by atoms with van der Waals surface area (Å²) in [6.07, 6.45) is 5.36. The Hall–Kier alpha value is -1.06. The molecule has 1 aromatic rings. The van der Waals surface area contributed by atoms with Crippen molar-refractivity contribution >= 4 is 0 Å². The molecule has 0 bridgehead atoms. The number of aliphatic hydroxyl groups is 1. The minimum Gasteiger partial charge on any atom is -0.487 e. The normalized spacial score (nSPS) is 25.6. The average molecular weight is 289 g/mol. The summed E-state index contributed by atoms with van der Waals surface area (Å²) in [5.41, 5.74) is 1.37. The monoisotopic (exact) mass is 289 g/mol. The van der Waals surface area contributed by atoms with E-state index in [1.54, 1.807) is 0 Å². The highest BCUT2D eigenvalue weighted by molar-refractivity contribution is 5.39. The standard InChI is InChI=1S/C18H27NO2/c1-13(10-14(2)20)12-19-16-11-18(8-5-9-18)21-17-7-4-3-6-15(16)17/h3-4,6-7,13-14,16,19-20H,5,8-12H2,1-2H3. The second-order valence-corrected chi connectivity index (χ2v) is 7.03. The quantitative estimate of drug-likeness (QED) is 0.872. The largest absolute Gasteiger partial charge is 0.487 e. The van der Waals surface area contributed by atoms with Crippen molar-refractivity contribution in [2.45, 2.75) is 63.7 Å². The summed E-state index contributed by atoms with van der Waals surface area (Å²) < 4.78 is 6.28. The number of ether oxygens (including phenoxy) is 1. The molecule has 0 saturated heterocycles. The maximum atomic E-state index is 9.50. The lowest BCUT2D eigenvalue weighted by Crippen LogP contribution is -2.49. The predicted molar refractivity (Wildman–Crippen MR) is 84.5 cm³/mol. The fourth-order valence-electron chi connectivity index (χ4n) is 3.69. The zero-order chi connectivity index (χ0) is 14.9. The highest BCUT2D eigenvalue weighted by atomic mass is 16.5. The van der Waals surface area contributed by atoms with Crippen LogP contribution in [-0.2, 0) is 0 Å². The fourth-order valence-corrected chi connectivity index (χ4v) is 3.69. The van der Waals surface area contributed by atoms with Gasteiger partial charge in [-0.15, -0.1) is 0 Å². The molecule has 3 heteroatoms. The van der Waals surface area contributed by atoms with E-state index in [-0.39, 0.29) is 11.7 Å². The van der Waals surface area contributed by atoms with Gasteiger partial charge in [-0.3, -0.25) is 0 Å². The van der Waals surface area contributed by atoms with Crippen LogP contribution in [0.3, 0.4) is 0 Å². The first-order chi connectivity index (χ1) is 10.1. The number of rotatable bonds is 5. The molecule has 3 rings (SSSR count). The molecule has 3 unspecified atom stereocenters. The van der Waals surface area contributed by atoms with Crippen molar-refractivity contribution in [3.05, 3.63) is 29.8 Å². The van der Waals surface area contributed by atoms with Gasteiger partial charge in [0.05, 0.1) is 6.10 Å². The smallest absolute Gasteiger partial charge is 0.124 e. The summed E-state index contributed by atoms with van der Waals surface area (Å²) in [6, 6.07) is 8.81. The summed E-state index contributed by atoms with van der Waals surface area (Å²) in [5.74, 6) is 1.54. The van der Waals surface area contributed by atoms with E-state index in [0.29, 0.717) is 12.0 Å². The molecule has 1 saturated carbocycles. The van der Waals surface area contributed by atoms with Crippen molar-refractivity contribution in [1.29, 1.82) is 0 Å². The van der Waals surface area contributed by atoms with E-state index in [2.05, 4.69) is 36.5 Å². The lowest BCUT2D eigenvalue weighted by molar-refractivity contribution is -0.0373. The first kappa shape index (κ1) is 14.9. The Labute approximate surface area is 127 Å². The van der Waals surface area contributed by atoms with Crippen LogP contribution in [0.15, 0.2) is 24.3 Å². The first-order valence-corrected chi connectivity index (χ1v) is 8.27. The Kier molecular flexibility index (Phi) is 4.23. The van der Waals surface area contributed by atoms with Crippen molar-refractivity contribution in [3.63, 3.8) is 0 Å². The van der Waals surface area contributed by atoms with Crippen LogP contribution < -0.4 is 10.1 Å². The van der Waals surface area contributed by atoms with Gasteiger partial charge in [0.25, 0.3) is 0 Å². The summed E-state index contributed by atoms with van der Waals surface area (Å²) >= 11 is 0. The second-order valence-electron chi connectivity index (χ2n) is 7.03. The van der Waals surface area contributed by atoms with Gasteiger partial charge in [0.1, 0.15) is 11.4 Å². The number of fused-ring (bicyclic) bond motifs is 1. The van der Waals surface area contributed by atoms with Gasteiger partial charge in [-0.25, -0.2) is 0 Å². The Morgan fingerprint density at radius 2 is 2.10 bits per heavy atom. The maximum Gasteiger partial charge on any atom is 0.124 e. The van der Waals surface area contributed by atoms with E-state index in [1.165, 1.54) is 24.8 Å². The molecule has 1 spiro atoms. The Morgan fingerprint density at radius 3 is 2.76 bits per heavy atom. The van der Waals surface area contributed by atoms with Crippen molar-refractivity contribution in [2.24, 2.45) is 5.92 Å². The van der Waals surface area contributed by atoms with Gasteiger partial charge in [0.2, 0.25) is 0 Å². The Bertz CT molecular complexity index is 482. The highest BCUT2D eigenvalue weighted by Crippen LogP contribution is 2.48. The van der Waals surface area contributed by atoms with Gasteiger partial charge in [0, 0.05) is 18.0 Å². The molecule has 0 amide bonds. The summed E-state index contributed by atoms with van der Waals surface area (Å²) in [4.78, 5) is 0. The lowest BCUT2D eigenvalue weighted by Gasteiger charge is -2.48. The Morgan fingerprint density at radius 1 is 1.33 bits per heavy atom. The van der Waals surface area contributed by atoms with Crippen LogP contribution in [0.2, 0.25) is 0 Å². The molecule has 3 nitrogen and oxygen atoms in total. The van der Waals surface area contributed by atoms with Crippen LogP contribution in [0.25, 0.3) is 0 Å². The van der Waals surface area contributed by atoms with E-state index in [1.807, 2.05) is 6.92 Å². The zero-order valence-electron chi connectivity index (χ0n) is 13.1. The average Bonchev–Trinajstić information content (AvgIpc) is 2.42. The van der Waals surface area contributed by atoms with E-state index in [9.17, 15) is 5.11 Å². The molecule has 1 aromatic carbocycles. The topological polar surface area (TPSA) is 41.5 Å². The van der Waals surface area contributed by atoms with Crippen LogP contribution >= 0.6 is 0 Å². The van der Waals surface area contributed by atoms with Crippen LogP contribution in [0.5, 0.6) is 5.75 Å². The molecule has 0 aromatic heterocycles. The molecule has 1 aliphatic heterocycles. The molecule has 0 radical (unpaired) electrons. The maximum absolute atomic E-state index is 9.50. The number of para-hydroxylation sites is 1. The third kappa shape index (κ3) is 3.24. The minimum atomic E-state index is -0.221. The fraction of sp³-hybridized carbons (Fsp3) is 0.667. The molecule has 2 aliphatic rings. The van der Waals surface area contributed by atoms with Crippen LogP contribution in [0, 0.1) is 5.92 Å². The highest BCUT2D eigenvalue weighted by Gasteiger charge is 2.45. The van der Waals surface area contributed by atoms with Crippen molar-refractivity contribution in [2.75, 3.05) is 6.54 Å². The molecular formula is C18H27NO2. The van der Waals surface area contributed by atoms with Crippen LogP contribution in [0.4, 0.5) is 0 Å². The van der Waals surface area contributed by atoms with Gasteiger partial charge in [-0.1, -0.05) is 25.1 Å². The third-order valence-corrected chi connectivity index (χ3v) is 4.92. The van der Waals surface area contributed by atoms with E-state index in [4.69, 9.17) is 4.74 Å². The number of benzene rings is 1. The van der Waals surface area contributed by atoms with Gasteiger partial charge < -0.3 is 15.2 Å². The van der Waals surface area contributed by atoms with Gasteiger partial charge in [0.15, 0.2) is 0 Å². The minimum absolute atomic E-state index is 0.0829. The predicted octanol–water partition coefficient (Wildman–Crippen LogP) is 3.43. The molecule has 1 aliphatic carbocycles. The van der Waals surface area contributed by atoms with E-state index >= 15 is 0 Å². The van der Waals surface area contributed by atoms with Crippen LogP contribution in [-0.4, -0.2) is 23.4 Å². The lowest BCUT2D eigenvalue weighted by atomic mass is 9.73. The molecule has 2 N–H and O–H groups in total. The number of hydrogen-bond donors (Lipinski definition) is 2. The first-order valence-electron chi connectivity index (χ1n) is 8.27. The van der Waals surface area contributed by atoms with Gasteiger partial charge in [-0.05, 0) is 51.1 Å². The van der Waals surface area contributed by atoms with Crippen molar-refractivity contribution in [1.82, 2.24) is 5.32 Å². The number of aliphatic hydroxyl groups excluding tert-OH is 1. The van der Waals surface area contributed by atoms with Gasteiger partial charge >= 0.3 is 0 Å². The molecular weight excluding hydrogens is 262 g/mol. The summed E-state index contributed by atoms with van der Waals surface area (Å²) in [5, 5.41) is 13.2.